The van der Waals surface area contributed by atoms with Gasteiger partial charge in [0.25, 0.3) is 0 Å². The number of ether oxygens (including phenoxy) is 1. The molecule has 0 spiro atoms. The second kappa shape index (κ2) is 5.36. The van der Waals surface area contributed by atoms with Gasteiger partial charge in [-0.2, -0.15) is 0 Å². The Morgan fingerprint density at radius 1 is 1.50 bits per heavy atom. The van der Waals surface area contributed by atoms with Gasteiger partial charge in [-0.25, -0.2) is 4.98 Å². The number of rotatable bonds is 5. The van der Waals surface area contributed by atoms with Crippen LogP contribution in [0, 0.1) is 19.8 Å². The predicted molar refractivity (Wildman–Crippen MR) is 71.7 cm³/mol. The Hall–Kier alpha value is -0.940. The molecule has 1 aliphatic rings. The fourth-order valence-electron chi connectivity index (χ4n) is 2.25. The molecular formula is C13H20N2O2S. The number of methoxy groups -OCH3 is 1. The quantitative estimate of drug-likeness (QED) is 0.833. The van der Waals surface area contributed by atoms with E-state index in [2.05, 4.69) is 17.2 Å². The molecule has 2 atom stereocenters. The van der Waals surface area contributed by atoms with E-state index < -0.39 is 0 Å². The van der Waals surface area contributed by atoms with Crippen molar-refractivity contribution in [3.8, 4) is 0 Å². The van der Waals surface area contributed by atoms with Gasteiger partial charge in [0.05, 0.1) is 17.8 Å². The summed E-state index contributed by atoms with van der Waals surface area (Å²) in [5.74, 6) is 0.289. The molecule has 1 fully saturated rings. The molecule has 4 nitrogen and oxygen atoms in total. The Kier molecular flexibility index (Phi) is 4.02. The highest BCUT2D eigenvalue weighted by atomic mass is 32.1. The predicted octanol–water partition coefficient (Wildman–Crippen LogP) is 2.36. The highest BCUT2D eigenvalue weighted by Crippen LogP contribution is 2.35. The molecule has 5 heteroatoms. The summed E-state index contributed by atoms with van der Waals surface area (Å²) < 4.78 is 4.87. The number of nitrogens with one attached hydrogen (secondary N) is 1. The minimum absolute atomic E-state index is 0.140. The smallest absolute Gasteiger partial charge is 0.323 e. The van der Waals surface area contributed by atoms with E-state index in [0.717, 1.165) is 23.5 Å². The van der Waals surface area contributed by atoms with Gasteiger partial charge in [-0.05, 0) is 39.5 Å². The minimum atomic E-state index is -0.174. The van der Waals surface area contributed by atoms with Crippen LogP contribution in [0.15, 0.2) is 0 Å². The van der Waals surface area contributed by atoms with Crippen LogP contribution in [-0.2, 0) is 9.53 Å². The lowest BCUT2D eigenvalue weighted by Gasteiger charge is -2.20. The number of carbonyl (C=O) groups excluding carboxylic acids is 1. The Balaban J connectivity index is 2.07. The molecule has 1 aromatic rings. The number of aryl methyl sites for hydroxylation is 2. The van der Waals surface area contributed by atoms with Gasteiger partial charge in [0.1, 0.15) is 6.04 Å². The van der Waals surface area contributed by atoms with Crippen LogP contribution in [0.2, 0.25) is 0 Å². The topological polar surface area (TPSA) is 51.2 Å². The first-order chi connectivity index (χ1) is 8.52. The molecule has 1 heterocycles. The molecule has 1 aliphatic carbocycles. The van der Waals surface area contributed by atoms with Crippen LogP contribution in [-0.4, -0.2) is 24.1 Å². The standard InChI is InChI=1S/C13H20N2O2S/c1-7-12(18-9(3)14-7)8(2)15-11(10-5-6-10)13(16)17-4/h8,10-11,15H,5-6H2,1-4H3. The van der Waals surface area contributed by atoms with E-state index in [-0.39, 0.29) is 18.1 Å². The zero-order chi connectivity index (χ0) is 13.3. The zero-order valence-corrected chi connectivity index (χ0v) is 12.1. The van der Waals surface area contributed by atoms with E-state index in [1.54, 1.807) is 11.3 Å². The molecule has 0 bridgehead atoms. The Labute approximate surface area is 112 Å². The maximum Gasteiger partial charge on any atom is 0.323 e. The first kappa shape index (κ1) is 13.5. The molecule has 2 unspecified atom stereocenters. The second-order valence-electron chi connectivity index (χ2n) is 4.91. The third-order valence-electron chi connectivity index (χ3n) is 3.31. The first-order valence-electron chi connectivity index (χ1n) is 6.30. The molecule has 1 aromatic heterocycles. The molecule has 1 N–H and O–H groups in total. The highest BCUT2D eigenvalue weighted by molar-refractivity contribution is 7.11. The van der Waals surface area contributed by atoms with Gasteiger partial charge >= 0.3 is 5.97 Å². The van der Waals surface area contributed by atoms with Crippen molar-refractivity contribution >= 4 is 17.3 Å². The van der Waals surface area contributed by atoms with Crippen molar-refractivity contribution in [1.82, 2.24) is 10.3 Å². The lowest BCUT2D eigenvalue weighted by atomic mass is 10.1. The summed E-state index contributed by atoms with van der Waals surface area (Å²) in [6.45, 7) is 6.10. The van der Waals surface area contributed by atoms with Crippen molar-refractivity contribution in [1.29, 1.82) is 0 Å². The summed E-state index contributed by atoms with van der Waals surface area (Å²) in [6.07, 6.45) is 2.22. The third kappa shape index (κ3) is 2.90. The Morgan fingerprint density at radius 2 is 2.17 bits per heavy atom. The van der Waals surface area contributed by atoms with Crippen molar-refractivity contribution in [2.45, 2.75) is 45.7 Å². The van der Waals surface area contributed by atoms with Crippen molar-refractivity contribution in [2.24, 2.45) is 5.92 Å². The van der Waals surface area contributed by atoms with Gasteiger partial charge in [-0.1, -0.05) is 0 Å². The largest absolute Gasteiger partial charge is 0.468 e. The van der Waals surface area contributed by atoms with E-state index in [9.17, 15) is 4.79 Å². The van der Waals surface area contributed by atoms with Crippen LogP contribution < -0.4 is 5.32 Å². The number of esters is 1. The molecule has 0 aliphatic heterocycles. The molecule has 18 heavy (non-hydrogen) atoms. The maximum atomic E-state index is 11.8. The van der Waals surface area contributed by atoms with Crippen LogP contribution in [0.5, 0.6) is 0 Å². The van der Waals surface area contributed by atoms with Crippen LogP contribution in [0.1, 0.15) is 41.4 Å². The average Bonchev–Trinajstić information content (AvgIpc) is 3.10. The molecule has 0 radical (unpaired) electrons. The summed E-state index contributed by atoms with van der Waals surface area (Å²) in [7, 11) is 1.45. The maximum absolute atomic E-state index is 11.8. The monoisotopic (exact) mass is 268 g/mol. The van der Waals surface area contributed by atoms with E-state index in [1.165, 1.54) is 12.0 Å². The van der Waals surface area contributed by atoms with Crippen molar-refractivity contribution in [3.05, 3.63) is 15.6 Å². The number of aromatic nitrogens is 1. The molecular weight excluding hydrogens is 248 g/mol. The summed E-state index contributed by atoms with van der Waals surface area (Å²) >= 11 is 1.69. The number of hydrogen-bond donors (Lipinski definition) is 1. The Morgan fingerprint density at radius 3 is 2.61 bits per heavy atom. The number of thiazole rings is 1. The lowest BCUT2D eigenvalue weighted by Crippen LogP contribution is -2.40. The van der Waals surface area contributed by atoms with Gasteiger partial charge < -0.3 is 4.74 Å². The molecule has 100 valence electrons. The molecule has 0 amide bonds. The number of carbonyl (C=O) groups is 1. The fourth-order valence-corrected chi connectivity index (χ4v) is 3.19. The molecule has 1 saturated carbocycles. The SMILES string of the molecule is COC(=O)C(NC(C)c1sc(C)nc1C)C1CC1. The van der Waals surface area contributed by atoms with Gasteiger partial charge in [0, 0.05) is 10.9 Å². The van der Waals surface area contributed by atoms with E-state index in [0.29, 0.717) is 5.92 Å². The van der Waals surface area contributed by atoms with Gasteiger partial charge in [-0.15, -0.1) is 11.3 Å². The Bertz CT molecular complexity index is 440. The number of nitrogens with zero attached hydrogens (tertiary/aromatic N) is 1. The van der Waals surface area contributed by atoms with E-state index in [1.807, 2.05) is 13.8 Å². The normalized spacial score (nSPS) is 18.4. The summed E-state index contributed by atoms with van der Waals surface area (Å²) in [5, 5.41) is 4.46. The summed E-state index contributed by atoms with van der Waals surface area (Å²) in [6, 6.07) is -0.0345. The van der Waals surface area contributed by atoms with Crippen LogP contribution in [0.25, 0.3) is 0 Å². The summed E-state index contributed by atoms with van der Waals surface area (Å²) in [5.41, 5.74) is 1.05. The molecule has 0 aromatic carbocycles. The van der Waals surface area contributed by atoms with Crippen molar-refractivity contribution in [2.75, 3.05) is 7.11 Å². The van der Waals surface area contributed by atoms with Crippen LogP contribution >= 0.6 is 11.3 Å². The average molecular weight is 268 g/mol. The van der Waals surface area contributed by atoms with Crippen molar-refractivity contribution < 1.29 is 9.53 Å². The van der Waals surface area contributed by atoms with Gasteiger partial charge in [-0.3, -0.25) is 10.1 Å². The first-order valence-corrected chi connectivity index (χ1v) is 7.12. The fraction of sp³-hybridized carbons (Fsp3) is 0.692. The van der Waals surface area contributed by atoms with Gasteiger partial charge in [0.2, 0.25) is 0 Å². The minimum Gasteiger partial charge on any atom is -0.468 e. The van der Waals surface area contributed by atoms with Crippen molar-refractivity contribution in [3.63, 3.8) is 0 Å². The van der Waals surface area contributed by atoms with E-state index >= 15 is 0 Å². The number of hydrogen-bond acceptors (Lipinski definition) is 5. The molecule has 0 saturated heterocycles. The van der Waals surface area contributed by atoms with Gasteiger partial charge in [0.15, 0.2) is 0 Å². The molecule has 2 rings (SSSR count). The van der Waals surface area contributed by atoms with Crippen LogP contribution in [0.4, 0.5) is 0 Å². The van der Waals surface area contributed by atoms with E-state index in [4.69, 9.17) is 4.74 Å². The van der Waals surface area contributed by atoms with Crippen LogP contribution in [0.3, 0.4) is 0 Å². The zero-order valence-electron chi connectivity index (χ0n) is 11.3. The summed E-state index contributed by atoms with van der Waals surface area (Å²) in [4.78, 5) is 17.4. The lowest BCUT2D eigenvalue weighted by molar-refractivity contribution is -0.144. The third-order valence-corrected chi connectivity index (χ3v) is 4.57. The highest BCUT2D eigenvalue weighted by Gasteiger charge is 2.38. The second-order valence-corrected chi connectivity index (χ2v) is 6.14.